The zero-order valence-corrected chi connectivity index (χ0v) is 13.5. The van der Waals surface area contributed by atoms with E-state index in [1.807, 2.05) is 28.4 Å². The second-order valence-corrected chi connectivity index (χ2v) is 5.94. The summed E-state index contributed by atoms with van der Waals surface area (Å²) in [4.78, 5) is 0. The lowest BCUT2D eigenvalue weighted by Crippen LogP contribution is -2.22. The second-order valence-electron chi connectivity index (χ2n) is 4.37. The van der Waals surface area contributed by atoms with Gasteiger partial charge in [0, 0.05) is 19.6 Å². The first-order valence-corrected chi connectivity index (χ1v) is 7.99. The monoisotopic (exact) mass is 343 g/mol. The number of aromatic nitrogens is 2. The van der Waals surface area contributed by atoms with Crippen molar-refractivity contribution in [3.8, 4) is 0 Å². The molecule has 19 heavy (non-hydrogen) atoms. The molecule has 2 heterocycles. The molecule has 0 aromatic carbocycles. The van der Waals surface area contributed by atoms with Crippen molar-refractivity contribution >= 4 is 27.3 Å². The number of aliphatic hydroxyl groups is 1. The van der Waals surface area contributed by atoms with Gasteiger partial charge in [-0.15, -0.1) is 0 Å². The first kappa shape index (κ1) is 14.7. The van der Waals surface area contributed by atoms with Gasteiger partial charge in [0.1, 0.15) is 0 Å². The van der Waals surface area contributed by atoms with E-state index in [0.29, 0.717) is 13.1 Å². The Labute approximate surface area is 125 Å². The van der Waals surface area contributed by atoms with Gasteiger partial charge in [-0.3, -0.25) is 4.68 Å². The van der Waals surface area contributed by atoms with E-state index in [2.05, 4.69) is 33.3 Å². The smallest absolute Gasteiger partial charge is 0.0922 e. The summed E-state index contributed by atoms with van der Waals surface area (Å²) in [7, 11) is 0. The van der Waals surface area contributed by atoms with Crippen molar-refractivity contribution in [1.82, 2.24) is 15.1 Å². The minimum absolute atomic E-state index is 0.455. The van der Waals surface area contributed by atoms with Crippen LogP contribution in [0.5, 0.6) is 0 Å². The van der Waals surface area contributed by atoms with Crippen molar-refractivity contribution in [2.75, 3.05) is 6.54 Å². The van der Waals surface area contributed by atoms with Crippen molar-refractivity contribution in [3.63, 3.8) is 0 Å². The molecule has 2 aromatic rings. The zero-order chi connectivity index (χ0) is 13.8. The van der Waals surface area contributed by atoms with E-state index < -0.39 is 6.10 Å². The maximum absolute atomic E-state index is 10.00. The molecule has 2 N–H and O–H groups in total. The second kappa shape index (κ2) is 6.65. The first-order chi connectivity index (χ1) is 9.13. The molecule has 1 atom stereocenters. The van der Waals surface area contributed by atoms with Gasteiger partial charge in [0.25, 0.3) is 0 Å². The van der Waals surface area contributed by atoms with Gasteiger partial charge in [0.15, 0.2) is 0 Å². The predicted molar refractivity (Wildman–Crippen MR) is 81.3 cm³/mol. The fraction of sp³-hybridized carbons (Fsp3) is 0.462. The molecule has 0 amide bonds. The average molecular weight is 344 g/mol. The number of hydrogen-bond donors (Lipinski definition) is 2. The van der Waals surface area contributed by atoms with E-state index >= 15 is 0 Å². The lowest BCUT2D eigenvalue weighted by molar-refractivity contribution is 0.174. The summed E-state index contributed by atoms with van der Waals surface area (Å²) in [6.07, 6.45) is -0.455. The molecule has 0 saturated heterocycles. The number of aliphatic hydroxyl groups excluding tert-OH is 1. The topological polar surface area (TPSA) is 50.1 Å². The molecule has 4 nitrogen and oxygen atoms in total. The molecule has 0 saturated carbocycles. The standard InChI is InChI=1S/C13H18BrN3OS/c1-3-17-11(13(14)9(2)16-17)6-15-7-12(18)10-4-5-19-8-10/h4-5,8,12,15,18H,3,6-7H2,1-2H3. The highest BCUT2D eigenvalue weighted by Gasteiger charge is 2.13. The third-order valence-corrected chi connectivity index (χ3v) is 4.74. The number of hydrogen-bond acceptors (Lipinski definition) is 4. The van der Waals surface area contributed by atoms with Gasteiger partial charge in [-0.05, 0) is 52.2 Å². The minimum atomic E-state index is -0.455. The van der Waals surface area contributed by atoms with Crippen molar-refractivity contribution < 1.29 is 5.11 Å². The molecule has 0 aliphatic carbocycles. The summed E-state index contributed by atoms with van der Waals surface area (Å²) in [5, 5.41) is 21.7. The summed E-state index contributed by atoms with van der Waals surface area (Å²) in [6.45, 7) is 6.13. The number of nitrogens with zero attached hydrogens (tertiary/aromatic N) is 2. The Bertz CT molecular complexity index is 524. The quantitative estimate of drug-likeness (QED) is 0.847. The lowest BCUT2D eigenvalue weighted by Gasteiger charge is -2.11. The van der Waals surface area contributed by atoms with E-state index in [9.17, 15) is 5.11 Å². The lowest BCUT2D eigenvalue weighted by atomic mass is 10.2. The van der Waals surface area contributed by atoms with E-state index in [0.717, 1.165) is 28.0 Å². The van der Waals surface area contributed by atoms with Gasteiger partial charge in [-0.2, -0.15) is 16.4 Å². The maximum atomic E-state index is 10.00. The molecule has 0 aliphatic heterocycles. The Balaban J connectivity index is 1.92. The van der Waals surface area contributed by atoms with Crippen LogP contribution >= 0.6 is 27.3 Å². The van der Waals surface area contributed by atoms with Gasteiger partial charge in [-0.1, -0.05) is 0 Å². The van der Waals surface area contributed by atoms with Gasteiger partial charge in [-0.25, -0.2) is 0 Å². The molecular weight excluding hydrogens is 326 g/mol. The Hall–Kier alpha value is -0.690. The molecule has 6 heteroatoms. The van der Waals surface area contributed by atoms with Crippen LogP contribution in [0.25, 0.3) is 0 Å². The fourth-order valence-electron chi connectivity index (χ4n) is 1.95. The Kier molecular flexibility index (Phi) is 5.15. The maximum Gasteiger partial charge on any atom is 0.0922 e. The molecule has 1 unspecified atom stereocenters. The largest absolute Gasteiger partial charge is 0.387 e. The Morgan fingerprint density at radius 1 is 1.58 bits per heavy atom. The van der Waals surface area contributed by atoms with E-state index in [1.165, 1.54) is 0 Å². The van der Waals surface area contributed by atoms with Crippen LogP contribution in [0, 0.1) is 6.92 Å². The Morgan fingerprint density at radius 3 is 3.00 bits per heavy atom. The van der Waals surface area contributed by atoms with Crippen molar-refractivity contribution in [1.29, 1.82) is 0 Å². The third kappa shape index (κ3) is 3.45. The van der Waals surface area contributed by atoms with Crippen LogP contribution in [-0.4, -0.2) is 21.4 Å². The third-order valence-electron chi connectivity index (χ3n) is 3.01. The molecule has 104 valence electrons. The summed E-state index contributed by atoms with van der Waals surface area (Å²) in [6, 6.07) is 1.95. The zero-order valence-electron chi connectivity index (χ0n) is 11.1. The van der Waals surface area contributed by atoms with Crippen LogP contribution in [0.15, 0.2) is 21.3 Å². The molecule has 2 aromatic heterocycles. The highest BCUT2D eigenvalue weighted by Crippen LogP contribution is 2.21. The summed E-state index contributed by atoms with van der Waals surface area (Å²) < 4.78 is 3.02. The van der Waals surface area contributed by atoms with Crippen LogP contribution in [0.3, 0.4) is 0 Å². The van der Waals surface area contributed by atoms with Crippen LogP contribution in [0.2, 0.25) is 0 Å². The van der Waals surface area contributed by atoms with Gasteiger partial charge < -0.3 is 10.4 Å². The highest BCUT2D eigenvalue weighted by molar-refractivity contribution is 9.10. The Morgan fingerprint density at radius 2 is 2.37 bits per heavy atom. The summed E-state index contributed by atoms with van der Waals surface area (Å²) in [5.74, 6) is 0. The normalized spacial score (nSPS) is 12.8. The number of halogens is 1. The van der Waals surface area contributed by atoms with Gasteiger partial charge in [0.2, 0.25) is 0 Å². The molecule has 0 radical (unpaired) electrons. The number of thiophene rings is 1. The molecule has 0 fully saturated rings. The summed E-state index contributed by atoms with van der Waals surface area (Å²) >= 11 is 5.16. The van der Waals surface area contributed by atoms with Crippen LogP contribution in [0.4, 0.5) is 0 Å². The minimum Gasteiger partial charge on any atom is -0.387 e. The van der Waals surface area contributed by atoms with Gasteiger partial charge >= 0.3 is 0 Å². The predicted octanol–water partition coefficient (Wildman–Crippen LogP) is 2.86. The summed E-state index contributed by atoms with van der Waals surface area (Å²) in [5.41, 5.74) is 3.09. The number of aryl methyl sites for hydroxylation is 2. The fourth-order valence-corrected chi connectivity index (χ4v) is 3.08. The molecule has 0 spiro atoms. The molecule has 2 rings (SSSR count). The van der Waals surface area contributed by atoms with Crippen LogP contribution in [-0.2, 0) is 13.1 Å². The average Bonchev–Trinajstić information content (AvgIpc) is 3.01. The molecule has 0 bridgehead atoms. The molecule has 0 aliphatic rings. The van der Waals surface area contributed by atoms with E-state index in [-0.39, 0.29) is 0 Å². The van der Waals surface area contributed by atoms with Crippen molar-refractivity contribution in [2.24, 2.45) is 0 Å². The van der Waals surface area contributed by atoms with E-state index in [1.54, 1.807) is 11.3 Å². The first-order valence-electron chi connectivity index (χ1n) is 6.26. The van der Waals surface area contributed by atoms with Crippen molar-refractivity contribution in [2.45, 2.75) is 33.0 Å². The van der Waals surface area contributed by atoms with E-state index in [4.69, 9.17) is 0 Å². The molecular formula is C13H18BrN3OS. The van der Waals surface area contributed by atoms with Crippen molar-refractivity contribution in [3.05, 3.63) is 38.3 Å². The number of rotatable bonds is 6. The SMILES string of the molecule is CCn1nc(C)c(Br)c1CNCC(O)c1ccsc1. The van der Waals surface area contributed by atoms with Gasteiger partial charge in [0.05, 0.1) is 22.0 Å². The van der Waals surface area contributed by atoms with Crippen LogP contribution in [0.1, 0.15) is 30.0 Å². The highest BCUT2D eigenvalue weighted by atomic mass is 79.9. The number of nitrogens with one attached hydrogen (secondary N) is 1. The van der Waals surface area contributed by atoms with Crippen LogP contribution < -0.4 is 5.32 Å².